The summed E-state index contributed by atoms with van der Waals surface area (Å²) in [7, 11) is 0. The van der Waals surface area contributed by atoms with Gasteiger partial charge in [-0.05, 0) is 77.9 Å². The van der Waals surface area contributed by atoms with Gasteiger partial charge in [-0.3, -0.25) is 4.79 Å². The van der Waals surface area contributed by atoms with E-state index in [0.717, 1.165) is 22.3 Å². The van der Waals surface area contributed by atoms with E-state index in [1.165, 1.54) is 0 Å². The summed E-state index contributed by atoms with van der Waals surface area (Å²) in [4.78, 5) is 14.4. The van der Waals surface area contributed by atoms with E-state index < -0.39 is 0 Å². The Balaban J connectivity index is 1.76. The highest BCUT2D eigenvalue weighted by Gasteiger charge is 2.19. The predicted octanol–water partition coefficient (Wildman–Crippen LogP) is 3.38. The fourth-order valence-electron chi connectivity index (χ4n) is 2.89. The number of aliphatic hydroxyl groups is 1. The number of hydrogen-bond acceptors (Lipinski definition) is 4. The number of nitriles is 1. The largest absolute Gasteiger partial charge is 0.393 e. The summed E-state index contributed by atoms with van der Waals surface area (Å²) in [6, 6.07) is 14.9. The van der Waals surface area contributed by atoms with Crippen LogP contribution in [-0.2, 0) is 0 Å². The zero-order valence-corrected chi connectivity index (χ0v) is 15.7. The molecule has 0 radical (unpaired) electrons. The molecular formula is C19H18IN3O2. The fourth-order valence-corrected chi connectivity index (χ4v) is 3.25. The van der Waals surface area contributed by atoms with Crippen LogP contribution < -0.4 is 10.2 Å². The maximum Gasteiger partial charge on any atom is 0.255 e. The molecule has 0 unspecified atom stereocenters. The molecule has 1 heterocycles. The molecular weight excluding hydrogens is 429 g/mol. The van der Waals surface area contributed by atoms with Crippen molar-refractivity contribution in [3.8, 4) is 6.07 Å². The van der Waals surface area contributed by atoms with Crippen LogP contribution >= 0.6 is 22.6 Å². The summed E-state index contributed by atoms with van der Waals surface area (Å²) in [5.41, 5.74) is 2.55. The highest BCUT2D eigenvalue weighted by atomic mass is 127. The van der Waals surface area contributed by atoms with Gasteiger partial charge in [-0.1, -0.05) is 0 Å². The van der Waals surface area contributed by atoms with Gasteiger partial charge in [0.2, 0.25) is 0 Å². The fraction of sp³-hybridized carbons (Fsp3) is 0.263. The molecule has 0 spiro atoms. The number of hydrogen-bond donors (Lipinski definition) is 2. The molecule has 1 amide bonds. The number of aliphatic hydroxyl groups excluding tert-OH is 1. The van der Waals surface area contributed by atoms with Crippen LogP contribution in [0, 0.1) is 14.9 Å². The Morgan fingerprint density at radius 1 is 1.20 bits per heavy atom. The molecule has 0 aliphatic carbocycles. The standard InChI is InChI=1S/C19H18IN3O2/c20-15-3-1-13(2-4-15)19(25)22-16-5-6-18(14(11-16)12-21)23-9-7-17(24)8-10-23/h1-6,11,17,24H,7-10H2,(H,22,25). The van der Waals surface area contributed by atoms with Crippen LogP contribution in [0.3, 0.4) is 0 Å². The van der Waals surface area contributed by atoms with Crippen LogP contribution in [0.2, 0.25) is 0 Å². The minimum Gasteiger partial charge on any atom is -0.393 e. The van der Waals surface area contributed by atoms with Crippen molar-refractivity contribution in [3.05, 3.63) is 57.2 Å². The average Bonchev–Trinajstić information content (AvgIpc) is 2.63. The van der Waals surface area contributed by atoms with Crippen LogP contribution in [-0.4, -0.2) is 30.2 Å². The van der Waals surface area contributed by atoms with Crippen molar-refractivity contribution in [3.63, 3.8) is 0 Å². The Morgan fingerprint density at radius 2 is 1.88 bits per heavy atom. The lowest BCUT2D eigenvalue weighted by molar-refractivity contribution is 0.102. The smallest absolute Gasteiger partial charge is 0.255 e. The van der Waals surface area contributed by atoms with Crippen molar-refractivity contribution in [2.24, 2.45) is 0 Å². The lowest BCUT2D eigenvalue weighted by Crippen LogP contribution is -2.36. The summed E-state index contributed by atoms with van der Waals surface area (Å²) in [5, 5.41) is 21.9. The van der Waals surface area contributed by atoms with Crippen LogP contribution in [0.1, 0.15) is 28.8 Å². The molecule has 3 rings (SSSR count). The second kappa shape index (κ2) is 7.85. The first-order valence-corrected chi connectivity index (χ1v) is 9.19. The number of carbonyl (C=O) groups is 1. The summed E-state index contributed by atoms with van der Waals surface area (Å²) in [5.74, 6) is -0.200. The third-order valence-corrected chi connectivity index (χ3v) is 5.01. The van der Waals surface area contributed by atoms with Gasteiger partial charge in [0.15, 0.2) is 0 Å². The van der Waals surface area contributed by atoms with E-state index in [1.54, 1.807) is 18.2 Å². The van der Waals surface area contributed by atoms with Gasteiger partial charge in [-0.15, -0.1) is 0 Å². The molecule has 0 atom stereocenters. The number of rotatable bonds is 3. The van der Waals surface area contributed by atoms with Crippen molar-refractivity contribution in [1.82, 2.24) is 0 Å². The topological polar surface area (TPSA) is 76.4 Å². The Bertz CT molecular complexity index is 806. The number of benzene rings is 2. The van der Waals surface area contributed by atoms with E-state index in [4.69, 9.17) is 0 Å². The zero-order chi connectivity index (χ0) is 17.8. The number of nitrogens with one attached hydrogen (secondary N) is 1. The molecule has 2 aromatic rings. The third kappa shape index (κ3) is 4.30. The van der Waals surface area contributed by atoms with Gasteiger partial charge in [0, 0.05) is 27.9 Å². The van der Waals surface area contributed by atoms with E-state index in [-0.39, 0.29) is 12.0 Å². The number of piperidine rings is 1. The molecule has 1 aliphatic rings. The normalized spacial score (nSPS) is 14.8. The Hall–Kier alpha value is -2.11. The highest BCUT2D eigenvalue weighted by Crippen LogP contribution is 2.27. The number of carbonyl (C=O) groups excluding carboxylic acids is 1. The molecule has 0 bridgehead atoms. The Kier molecular flexibility index (Phi) is 5.56. The second-order valence-corrected chi connectivity index (χ2v) is 7.27. The number of amides is 1. The van der Waals surface area contributed by atoms with E-state index in [9.17, 15) is 15.2 Å². The average molecular weight is 447 g/mol. The third-order valence-electron chi connectivity index (χ3n) is 4.29. The molecule has 1 fully saturated rings. The van der Waals surface area contributed by atoms with Crippen molar-refractivity contribution in [1.29, 1.82) is 5.26 Å². The Morgan fingerprint density at radius 3 is 2.52 bits per heavy atom. The Labute approximate surface area is 160 Å². The minimum absolute atomic E-state index is 0.200. The molecule has 1 saturated heterocycles. The summed E-state index contributed by atoms with van der Waals surface area (Å²) in [6.45, 7) is 1.45. The van der Waals surface area contributed by atoms with E-state index in [0.29, 0.717) is 29.7 Å². The van der Waals surface area contributed by atoms with Gasteiger partial charge in [0.25, 0.3) is 5.91 Å². The zero-order valence-electron chi connectivity index (χ0n) is 13.6. The molecule has 5 nitrogen and oxygen atoms in total. The lowest BCUT2D eigenvalue weighted by atomic mass is 10.0. The van der Waals surface area contributed by atoms with Crippen LogP contribution in [0.15, 0.2) is 42.5 Å². The van der Waals surface area contributed by atoms with E-state index >= 15 is 0 Å². The first-order chi connectivity index (χ1) is 12.1. The quantitative estimate of drug-likeness (QED) is 0.708. The maximum atomic E-state index is 12.3. The van der Waals surface area contributed by atoms with Gasteiger partial charge in [-0.25, -0.2) is 0 Å². The summed E-state index contributed by atoms with van der Waals surface area (Å²) in [6.07, 6.45) is 1.15. The molecule has 1 aliphatic heterocycles. The SMILES string of the molecule is N#Cc1cc(NC(=O)c2ccc(I)cc2)ccc1N1CCC(O)CC1. The van der Waals surface area contributed by atoms with Gasteiger partial charge < -0.3 is 15.3 Å². The van der Waals surface area contributed by atoms with Crippen molar-refractivity contribution >= 4 is 39.9 Å². The molecule has 0 saturated carbocycles. The summed E-state index contributed by atoms with van der Waals surface area (Å²) >= 11 is 2.19. The van der Waals surface area contributed by atoms with Crippen molar-refractivity contribution < 1.29 is 9.90 Å². The van der Waals surface area contributed by atoms with Gasteiger partial charge in [0.1, 0.15) is 6.07 Å². The van der Waals surface area contributed by atoms with Gasteiger partial charge in [0.05, 0.1) is 17.4 Å². The summed E-state index contributed by atoms with van der Waals surface area (Å²) < 4.78 is 1.07. The van der Waals surface area contributed by atoms with Crippen molar-refractivity contribution in [2.45, 2.75) is 18.9 Å². The van der Waals surface area contributed by atoms with E-state index in [2.05, 4.69) is 38.9 Å². The molecule has 6 heteroatoms. The minimum atomic E-state index is -0.255. The number of anilines is 2. The lowest BCUT2D eigenvalue weighted by Gasteiger charge is -2.32. The molecule has 0 aromatic heterocycles. The predicted molar refractivity (Wildman–Crippen MR) is 106 cm³/mol. The maximum absolute atomic E-state index is 12.3. The molecule has 2 N–H and O–H groups in total. The van der Waals surface area contributed by atoms with Crippen molar-refractivity contribution in [2.75, 3.05) is 23.3 Å². The van der Waals surface area contributed by atoms with Crippen LogP contribution in [0.4, 0.5) is 11.4 Å². The number of halogens is 1. The molecule has 128 valence electrons. The number of nitrogens with zero attached hydrogens (tertiary/aromatic N) is 2. The first-order valence-electron chi connectivity index (χ1n) is 8.11. The first kappa shape index (κ1) is 17.7. The second-order valence-electron chi connectivity index (χ2n) is 6.02. The van der Waals surface area contributed by atoms with Crippen LogP contribution in [0.5, 0.6) is 0 Å². The monoisotopic (exact) mass is 447 g/mol. The van der Waals surface area contributed by atoms with Gasteiger partial charge >= 0.3 is 0 Å². The molecule has 25 heavy (non-hydrogen) atoms. The van der Waals surface area contributed by atoms with E-state index in [1.807, 2.05) is 24.3 Å². The molecule has 2 aromatic carbocycles. The van der Waals surface area contributed by atoms with Gasteiger partial charge in [-0.2, -0.15) is 5.26 Å². The van der Waals surface area contributed by atoms with Crippen LogP contribution in [0.25, 0.3) is 0 Å². The highest BCUT2D eigenvalue weighted by molar-refractivity contribution is 14.1.